The summed E-state index contributed by atoms with van der Waals surface area (Å²) in [7, 11) is 2.78. The highest BCUT2D eigenvalue weighted by atomic mass is 16.6. The number of aliphatic hydroxyl groups excluding tert-OH is 1. The standard InChI is InChI=1S/C20H22N2O9/c1-20(2,3)31-18(26)16-11(29-13(10-23)17(24)25)7-6-8-12(16)30-19-21-14(27-4)9-15(22-19)28-5/h6-10,23H,1-5H3,(H,24,25). The number of carboxylic acid groups (broad SMARTS) is 1. The van der Waals surface area contributed by atoms with Crippen LogP contribution in [0.3, 0.4) is 0 Å². The van der Waals surface area contributed by atoms with Crippen molar-refractivity contribution < 1.29 is 43.5 Å². The topological polar surface area (TPSA) is 147 Å². The molecule has 0 saturated carbocycles. The molecule has 2 rings (SSSR count). The van der Waals surface area contributed by atoms with E-state index in [1.165, 1.54) is 38.5 Å². The molecule has 0 amide bonds. The number of ether oxygens (including phenoxy) is 5. The summed E-state index contributed by atoms with van der Waals surface area (Å²) < 4.78 is 26.4. The number of benzene rings is 1. The molecule has 0 fully saturated rings. The van der Waals surface area contributed by atoms with Gasteiger partial charge in [0.05, 0.1) is 20.3 Å². The van der Waals surface area contributed by atoms with Crippen LogP contribution in [0.1, 0.15) is 31.1 Å². The van der Waals surface area contributed by atoms with Gasteiger partial charge >= 0.3 is 17.9 Å². The molecular formula is C20H22N2O9. The van der Waals surface area contributed by atoms with Gasteiger partial charge in [-0.3, -0.25) is 0 Å². The Bertz CT molecular complexity index is 974. The van der Waals surface area contributed by atoms with Gasteiger partial charge in [-0.25, -0.2) is 9.59 Å². The molecule has 0 bridgehead atoms. The van der Waals surface area contributed by atoms with Crippen molar-refractivity contribution in [2.24, 2.45) is 0 Å². The van der Waals surface area contributed by atoms with Crippen LogP contribution in [-0.4, -0.2) is 51.9 Å². The van der Waals surface area contributed by atoms with E-state index in [-0.39, 0.29) is 41.1 Å². The van der Waals surface area contributed by atoms with Crippen molar-refractivity contribution in [2.75, 3.05) is 14.2 Å². The summed E-state index contributed by atoms with van der Waals surface area (Å²) in [6, 6.07) is 5.37. The molecule has 2 N–H and O–H groups in total. The van der Waals surface area contributed by atoms with Crippen molar-refractivity contribution in [3.63, 3.8) is 0 Å². The van der Waals surface area contributed by atoms with E-state index in [0.717, 1.165) is 0 Å². The number of carbonyl (C=O) groups is 2. The molecule has 0 unspecified atom stereocenters. The van der Waals surface area contributed by atoms with Crippen LogP contribution in [0.2, 0.25) is 0 Å². The third kappa shape index (κ3) is 6.23. The van der Waals surface area contributed by atoms with Crippen LogP contribution in [0, 0.1) is 0 Å². The SMILES string of the molecule is COc1cc(OC)nc(Oc2cccc(OC(=CO)C(=O)O)c2C(=O)OC(C)(C)C)n1. The molecule has 0 atom stereocenters. The van der Waals surface area contributed by atoms with Crippen molar-refractivity contribution in [1.82, 2.24) is 9.97 Å². The summed E-state index contributed by atoms with van der Waals surface area (Å²) in [4.78, 5) is 32.2. The molecule has 0 radical (unpaired) electrons. The number of rotatable bonds is 8. The zero-order chi connectivity index (χ0) is 23.2. The van der Waals surface area contributed by atoms with Gasteiger partial charge in [-0.1, -0.05) is 6.07 Å². The Morgan fingerprint density at radius 2 is 1.61 bits per heavy atom. The van der Waals surface area contributed by atoms with Crippen LogP contribution in [0.5, 0.6) is 29.3 Å². The lowest BCUT2D eigenvalue weighted by molar-refractivity contribution is -0.135. The number of esters is 1. The predicted molar refractivity (Wildman–Crippen MR) is 106 cm³/mol. The minimum atomic E-state index is -1.55. The average molecular weight is 434 g/mol. The van der Waals surface area contributed by atoms with Gasteiger partial charge in [-0.15, -0.1) is 0 Å². The molecule has 0 aliphatic carbocycles. The largest absolute Gasteiger partial charge is 0.511 e. The molecule has 1 aromatic carbocycles. The molecule has 166 valence electrons. The Balaban J connectivity index is 2.57. The second-order valence-corrected chi connectivity index (χ2v) is 6.87. The zero-order valence-electron chi connectivity index (χ0n) is 17.5. The van der Waals surface area contributed by atoms with Crippen LogP contribution in [0.15, 0.2) is 36.3 Å². The zero-order valence-corrected chi connectivity index (χ0v) is 17.5. The first-order chi connectivity index (χ1) is 14.6. The minimum absolute atomic E-state index is 0.0928. The third-order valence-corrected chi connectivity index (χ3v) is 3.42. The van der Waals surface area contributed by atoms with Crippen LogP contribution in [0.25, 0.3) is 0 Å². The van der Waals surface area contributed by atoms with Crippen LogP contribution in [0.4, 0.5) is 0 Å². The fourth-order valence-corrected chi connectivity index (χ4v) is 2.19. The Kier molecular flexibility index (Phi) is 7.24. The van der Waals surface area contributed by atoms with Gasteiger partial charge in [-0.05, 0) is 32.9 Å². The first kappa shape index (κ1) is 23.3. The van der Waals surface area contributed by atoms with Crippen molar-refractivity contribution in [1.29, 1.82) is 0 Å². The molecule has 31 heavy (non-hydrogen) atoms. The summed E-state index contributed by atoms with van der Waals surface area (Å²) in [5, 5.41) is 18.3. The van der Waals surface area contributed by atoms with Gasteiger partial charge in [-0.2, -0.15) is 9.97 Å². The van der Waals surface area contributed by atoms with Gasteiger partial charge in [0, 0.05) is 0 Å². The van der Waals surface area contributed by atoms with Crippen LogP contribution in [-0.2, 0) is 9.53 Å². The number of aliphatic hydroxyl groups is 1. The summed E-state index contributed by atoms with van der Waals surface area (Å²) in [5.74, 6) is -3.27. The summed E-state index contributed by atoms with van der Waals surface area (Å²) in [6.07, 6.45) is 0.255. The van der Waals surface area contributed by atoms with E-state index in [0.29, 0.717) is 0 Å². The lowest BCUT2D eigenvalue weighted by Crippen LogP contribution is -2.24. The van der Waals surface area contributed by atoms with E-state index in [4.69, 9.17) is 33.9 Å². The number of aliphatic carboxylic acids is 1. The van der Waals surface area contributed by atoms with Crippen LogP contribution >= 0.6 is 0 Å². The number of methoxy groups -OCH3 is 2. The number of hydrogen-bond acceptors (Lipinski definition) is 10. The summed E-state index contributed by atoms with van der Waals surface area (Å²) >= 11 is 0. The number of aromatic nitrogens is 2. The van der Waals surface area contributed by atoms with E-state index in [1.807, 2.05) is 0 Å². The normalized spacial score (nSPS) is 11.5. The van der Waals surface area contributed by atoms with E-state index >= 15 is 0 Å². The average Bonchev–Trinajstić information content (AvgIpc) is 2.70. The molecular weight excluding hydrogens is 412 g/mol. The van der Waals surface area contributed by atoms with E-state index in [9.17, 15) is 9.59 Å². The van der Waals surface area contributed by atoms with Gasteiger partial charge < -0.3 is 33.9 Å². The lowest BCUT2D eigenvalue weighted by atomic mass is 10.1. The highest BCUT2D eigenvalue weighted by molar-refractivity contribution is 5.96. The lowest BCUT2D eigenvalue weighted by Gasteiger charge is -2.21. The Morgan fingerprint density at radius 3 is 2.10 bits per heavy atom. The van der Waals surface area contributed by atoms with E-state index in [1.54, 1.807) is 20.8 Å². The maximum atomic E-state index is 12.9. The van der Waals surface area contributed by atoms with Crippen LogP contribution < -0.4 is 18.9 Å². The Morgan fingerprint density at radius 1 is 1.03 bits per heavy atom. The first-order valence-corrected chi connectivity index (χ1v) is 8.84. The number of hydrogen-bond donors (Lipinski definition) is 2. The third-order valence-electron chi connectivity index (χ3n) is 3.42. The Labute approximate surface area is 177 Å². The molecule has 0 aliphatic heterocycles. The van der Waals surface area contributed by atoms with Crippen molar-refractivity contribution in [3.05, 3.63) is 41.9 Å². The highest BCUT2D eigenvalue weighted by Crippen LogP contribution is 2.34. The van der Waals surface area contributed by atoms with Gasteiger partial charge in [0.15, 0.2) is 0 Å². The van der Waals surface area contributed by atoms with E-state index in [2.05, 4.69) is 9.97 Å². The molecule has 1 aromatic heterocycles. The molecule has 0 aliphatic rings. The first-order valence-electron chi connectivity index (χ1n) is 8.84. The minimum Gasteiger partial charge on any atom is -0.511 e. The smallest absolute Gasteiger partial charge is 0.375 e. The second kappa shape index (κ2) is 9.65. The van der Waals surface area contributed by atoms with E-state index < -0.39 is 23.3 Å². The highest BCUT2D eigenvalue weighted by Gasteiger charge is 2.27. The van der Waals surface area contributed by atoms with Crippen molar-refractivity contribution >= 4 is 11.9 Å². The predicted octanol–water partition coefficient (Wildman–Crippen LogP) is 3.10. The molecule has 2 aromatic rings. The fraction of sp³-hybridized carbons (Fsp3) is 0.300. The maximum absolute atomic E-state index is 12.9. The summed E-state index contributed by atoms with van der Waals surface area (Å²) in [6.45, 7) is 4.96. The van der Waals surface area contributed by atoms with Crippen molar-refractivity contribution in [2.45, 2.75) is 26.4 Å². The molecule has 11 nitrogen and oxygen atoms in total. The maximum Gasteiger partial charge on any atom is 0.375 e. The molecule has 0 spiro atoms. The molecule has 11 heteroatoms. The number of carboxylic acids is 1. The molecule has 0 saturated heterocycles. The molecule has 1 heterocycles. The monoisotopic (exact) mass is 434 g/mol. The number of carbonyl (C=O) groups excluding carboxylic acids is 1. The van der Waals surface area contributed by atoms with Gasteiger partial charge in [0.2, 0.25) is 17.5 Å². The number of nitrogens with zero attached hydrogens (tertiary/aromatic N) is 2. The fourth-order valence-electron chi connectivity index (χ4n) is 2.19. The van der Waals surface area contributed by atoms with Crippen molar-refractivity contribution in [3.8, 4) is 29.3 Å². The second-order valence-electron chi connectivity index (χ2n) is 6.87. The quantitative estimate of drug-likeness (QED) is 0.359. The summed E-state index contributed by atoms with van der Waals surface area (Å²) in [5.41, 5.74) is -1.12. The van der Waals surface area contributed by atoms with Gasteiger partial charge in [0.25, 0.3) is 0 Å². The van der Waals surface area contributed by atoms with Gasteiger partial charge in [0.1, 0.15) is 28.9 Å². The Hall–Kier alpha value is -4.02.